The van der Waals surface area contributed by atoms with Crippen LogP contribution in [0, 0.1) is 0 Å². The molecule has 2 heterocycles. The first-order valence-corrected chi connectivity index (χ1v) is 7.37. The second-order valence-electron chi connectivity index (χ2n) is 4.60. The summed E-state index contributed by atoms with van der Waals surface area (Å²) in [4.78, 5) is 14.9. The Bertz CT molecular complexity index is 565. The number of rotatable bonds is 4. The first-order valence-electron chi connectivity index (χ1n) is 6.49. The number of carbonyl (C=O) groups is 1. The van der Waals surface area contributed by atoms with Gasteiger partial charge in [0, 0.05) is 25.3 Å². The first-order chi connectivity index (χ1) is 9.34. The Balaban J connectivity index is 1.53. The summed E-state index contributed by atoms with van der Waals surface area (Å²) in [5.74, 6) is 0.0301. The van der Waals surface area contributed by atoms with Crippen molar-refractivity contribution < 1.29 is 4.79 Å². The van der Waals surface area contributed by atoms with Gasteiger partial charge < -0.3 is 10.2 Å². The van der Waals surface area contributed by atoms with Crippen LogP contribution in [0.25, 0.3) is 0 Å². The van der Waals surface area contributed by atoms with Gasteiger partial charge in [0.15, 0.2) is 0 Å². The number of thiophene rings is 1. The maximum Gasteiger partial charge on any atom is 0.261 e. The Morgan fingerprint density at radius 3 is 3.00 bits per heavy atom. The van der Waals surface area contributed by atoms with Gasteiger partial charge in [0.05, 0.1) is 4.88 Å². The average Bonchev–Trinajstić information content (AvgIpc) is 3.08. The van der Waals surface area contributed by atoms with Crippen LogP contribution in [0.4, 0.5) is 5.69 Å². The highest BCUT2D eigenvalue weighted by Crippen LogP contribution is 2.26. The van der Waals surface area contributed by atoms with Crippen molar-refractivity contribution in [1.29, 1.82) is 0 Å². The monoisotopic (exact) mass is 272 g/mol. The Kier molecular flexibility index (Phi) is 3.51. The fourth-order valence-electron chi connectivity index (χ4n) is 2.44. The van der Waals surface area contributed by atoms with E-state index in [2.05, 4.69) is 34.5 Å². The molecule has 0 fully saturated rings. The quantitative estimate of drug-likeness (QED) is 0.927. The van der Waals surface area contributed by atoms with Crippen molar-refractivity contribution in [2.24, 2.45) is 0 Å². The number of fused-ring (bicyclic) bond motifs is 1. The van der Waals surface area contributed by atoms with E-state index in [0.717, 1.165) is 24.4 Å². The van der Waals surface area contributed by atoms with E-state index in [1.807, 2.05) is 17.5 Å². The predicted molar refractivity (Wildman–Crippen MR) is 79.0 cm³/mol. The van der Waals surface area contributed by atoms with E-state index in [0.29, 0.717) is 6.54 Å². The molecule has 0 atom stereocenters. The van der Waals surface area contributed by atoms with E-state index in [1.165, 1.54) is 22.6 Å². The summed E-state index contributed by atoms with van der Waals surface area (Å²) in [6.45, 7) is 2.60. The highest BCUT2D eigenvalue weighted by atomic mass is 32.1. The van der Waals surface area contributed by atoms with Gasteiger partial charge in [0.2, 0.25) is 0 Å². The van der Waals surface area contributed by atoms with Gasteiger partial charge >= 0.3 is 0 Å². The Labute approximate surface area is 116 Å². The molecule has 2 aromatic rings. The minimum Gasteiger partial charge on any atom is -0.369 e. The molecule has 3 rings (SSSR count). The number of nitrogens with zero attached hydrogens (tertiary/aromatic N) is 1. The van der Waals surface area contributed by atoms with Crippen LogP contribution in [0.5, 0.6) is 0 Å². The number of benzene rings is 1. The van der Waals surface area contributed by atoms with E-state index in [1.54, 1.807) is 0 Å². The molecule has 1 amide bonds. The molecule has 19 heavy (non-hydrogen) atoms. The van der Waals surface area contributed by atoms with Crippen LogP contribution in [0.2, 0.25) is 0 Å². The van der Waals surface area contributed by atoms with Gasteiger partial charge in [0.1, 0.15) is 0 Å². The predicted octanol–water partition coefficient (Wildman–Crippen LogP) is 2.54. The summed E-state index contributed by atoms with van der Waals surface area (Å²) in [7, 11) is 0. The maximum atomic E-state index is 11.8. The van der Waals surface area contributed by atoms with Crippen molar-refractivity contribution in [3.63, 3.8) is 0 Å². The van der Waals surface area contributed by atoms with Crippen LogP contribution >= 0.6 is 11.3 Å². The Morgan fingerprint density at radius 2 is 2.16 bits per heavy atom. The molecule has 3 nitrogen and oxygen atoms in total. The molecule has 1 aliphatic rings. The molecule has 0 radical (unpaired) electrons. The lowest BCUT2D eigenvalue weighted by molar-refractivity contribution is 0.0958. The van der Waals surface area contributed by atoms with Crippen LogP contribution in [0.15, 0.2) is 41.8 Å². The first kappa shape index (κ1) is 12.2. The SMILES string of the molecule is O=C(NCCN1CCc2ccccc21)c1cccs1. The third-order valence-corrected chi connectivity index (χ3v) is 4.26. The number of para-hydroxylation sites is 1. The van der Waals surface area contributed by atoms with Gasteiger partial charge in [-0.05, 0) is 29.5 Å². The molecule has 0 saturated carbocycles. The molecule has 1 aromatic carbocycles. The van der Waals surface area contributed by atoms with E-state index in [4.69, 9.17) is 0 Å². The lowest BCUT2D eigenvalue weighted by Gasteiger charge is -2.19. The minimum atomic E-state index is 0.0301. The summed E-state index contributed by atoms with van der Waals surface area (Å²) in [6.07, 6.45) is 1.11. The van der Waals surface area contributed by atoms with Gasteiger partial charge in [-0.15, -0.1) is 11.3 Å². The Hall–Kier alpha value is -1.81. The second-order valence-corrected chi connectivity index (χ2v) is 5.55. The van der Waals surface area contributed by atoms with Crippen molar-refractivity contribution in [3.8, 4) is 0 Å². The molecule has 0 aliphatic carbocycles. The van der Waals surface area contributed by atoms with Gasteiger partial charge in [0.25, 0.3) is 5.91 Å². The molecule has 0 unspecified atom stereocenters. The zero-order chi connectivity index (χ0) is 13.1. The largest absolute Gasteiger partial charge is 0.369 e. The van der Waals surface area contributed by atoms with Crippen molar-refractivity contribution in [1.82, 2.24) is 5.32 Å². The molecule has 4 heteroatoms. The van der Waals surface area contributed by atoms with E-state index in [-0.39, 0.29) is 5.91 Å². The third-order valence-electron chi connectivity index (χ3n) is 3.40. The van der Waals surface area contributed by atoms with E-state index in [9.17, 15) is 4.79 Å². The van der Waals surface area contributed by atoms with Crippen LogP contribution in [0.1, 0.15) is 15.2 Å². The normalized spacial score (nSPS) is 13.4. The fourth-order valence-corrected chi connectivity index (χ4v) is 3.08. The van der Waals surface area contributed by atoms with Gasteiger partial charge in [-0.25, -0.2) is 0 Å². The molecule has 0 bridgehead atoms. The van der Waals surface area contributed by atoms with Crippen molar-refractivity contribution in [3.05, 3.63) is 52.2 Å². The molecule has 1 N–H and O–H groups in total. The smallest absolute Gasteiger partial charge is 0.261 e. The Morgan fingerprint density at radius 1 is 1.26 bits per heavy atom. The number of carbonyl (C=O) groups excluding carboxylic acids is 1. The molecular formula is C15H16N2OS. The molecule has 98 valence electrons. The van der Waals surface area contributed by atoms with Crippen LogP contribution in [0.3, 0.4) is 0 Å². The molecule has 0 saturated heterocycles. The fraction of sp³-hybridized carbons (Fsp3) is 0.267. The summed E-state index contributed by atoms with van der Waals surface area (Å²) >= 11 is 1.48. The maximum absolute atomic E-state index is 11.8. The standard InChI is InChI=1S/C15H16N2OS/c18-15(14-6-3-11-19-14)16-8-10-17-9-7-12-4-1-2-5-13(12)17/h1-6,11H,7-10H2,(H,16,18). The van der Waals surface area contributed by atoms with Crippen molar-refractivity contribution in [2.75, 3.05) is 24.5 Å². The average molecular weight is 272 g/mol. The van der Waals surface area contributed by atoms with Gasteiger partial charge in [-0.3, -0.25) is 4.79 Å². The minimum absolute atomic E-state index is 0.0301. The number of hydrogen-bond donors (Lipinski definition) is 1. The summed E-state index contributed by atoms with van der Waals surface area (Å²) < 4.78 is 0. The molecular weight excluding hydrogens is 256 g/mol. The number of anilines is 1. The van der Waals surface area contributed by atoms with Crippen LogP contribution in [-0.2, 0) is 6.42 Å². The van der Waals surface area contributed by atoms with E-state index < -0.39 is 0 Å². The van der Waals surface area contributed by atoms with Gasteiger partial charge in [-0.1, -0.05) is 24.3 Å². The number of nitrogens with one attached hydrogen (secondary N) is 1. The lowest BCUT2D eigenvalue weighted by atomic mass is 10.2. The highest BCUT2D eigenvalue weighted by Gasteiger charge is 2.17. The molecule has 0 spiro atoms. The summed E-state index contributed by atoms with van der Waals surface area (Å²) in [5, 5.41) is 4.89. The summed E-state index contributed by atoms with van der Waals surface area (Å²) in [5.41, 5.74) is 2.72. The van der Waals surface area contributed by atoms with E-state index >= 15 is 0 Å². The highest BCUT2D eigenvalue weighted by molar-refractivity contribution is 7.12. The van der Waals surface area contributed by atoms with Crippen LogP contribution < -0.4 is 10.2 Å². The molecule has 1 aromatic heterocycles. The second kappa shape index (κ2) is 5.45. The van der Waals surface area contributed by atoms with Crippen molar-refractivity contribution >= 4 is 22.9 Å². The van der Waals surface area contributed by atoms with Crippen LogP contribution in [-0.4, -0.2) is 25.5 Å². The summed E-state index contributed by atoms with van der Waals surface area (Å²) in [6, 6.07) is 12.2. The third kappa shape index (κ3) is 2.63. The van der Waals surface area contributed by atoms with Gasteiger partial charge in [-0.2, -0.15) is 0 Å². The zero-order valence-electron chi connectivity index (χ0n) is 10.6. The number of amides is 1. The topological polar surface area (TPSA) is 32.3 Å². The molecule has 1 aliphatic heterocycles. The lowest BCUT2D eigenvalue weighted by Crippen LogP contribution is -2.33. The number of hydrogen-bond acceptors (Lipinski definition) is 3. The zero-order valence-corrected chi connectivity index (χ0v) is 11.5. The van der Waals surface area contributed by atoms with Crippen molar-refractivity contribution in [2.45, 2.75) is 6.42 Å².